The maximum Gasteiger partial charge on any atom is 0.257 e. The largest absolute Gasteiger partial charge is 0.382 e. The number of halogens is 2. The first kappa shape index (κ1) is 12.0. The minimum Gasteiger partial charge on any atom is -0.382 e. The monoisotopic (exact) mass is 257 g/mol. The first-order valence-electron chi connectivity index (χ1n) is 4.79. The average molecular weight is 258 g/mol. The van der Waals surface area contributed by atoms with Gasteiger partial charge in [-0.05, 0) is 18.2 Å². The molecule has 0 saturated heterocycles. The molecule has 0 aliphatic carbocycles. The van der Waals surface area contributed by atoms with Crippen LogP contribution in [0.25, 0.3) is 11.4 Å². The van der Waals surface area contributed by atoms with Gasteiger partial charge in [-0.25, -0.2) is 4.39 Å². The van der Waals surface area contributed by atoms with Gasteiger partial charge in [0.1, 0.15) is 11.9 Å². The third-order valence-corrected chi connectivity index (χ3v) is 2.42. The van der Waals surface area contributed by atoms with Crippen LogP contribution in [0.2, 0.25) is 5.02 Å². The van der Waals surface area contributed by atoms with Crippen LogP contribution in [-0.2, 0) is 0 Å². The zero-order valence-electron chi connectivity index (χ0n) is 8.60. The van der Waals surface area contributed by atoms with Gasteiger partial charge in [-0.1, -0.05) is 16.8 Å². The first-order chi connectivity index (χ1) is 8.11. The lowest BCUT2D eigenvalue weighted by molar-refractivity contribution is 0.141. The van der Waals surface area contributed by atoms with Gasteiger partial charge in [0.25, 0.3) is 5.89 Å². The molecule has 90 valence electrons. The molecule has 3 N–H and O–H groups in total. The van der Waals surface area contributed by atoms with Crippen molar-refractivity contribution in [3.8, 4) is 11.4 Å². The van der Waals surface area contributed by atoms with E-state index >= 15 is 0 Å². The Balaban J connectivity index is 2.33. The lowest BCUT2D eigenvalue weighted by Crippen LogP contribution is -2.11. The topological polar surface area (TPSA) is 85.2 Å². The Morgan fingerprint density at radius 3 is 2.94 bits per heavy atom. The number of aliphatic hydroxyl groups excluding tert-OH is 1. The number of hydrogen-bond acceptors (Lipinski definition) is 5. The van der Waals surface area contributed by atoms with Gasteiger partial charge >= 0.3 is 0 Å². The van der Waals surface area contributed by atoms with Gasteiger partial charge in [0.15, 0.2) is 0 Å². The Hall–Kier alpha value is -1.50. The van der Waals surface area contributed by atoms with Gasteiger partial charge in [0.05, 0.1) is 5.02 Å². The summed E-state index contributed by atoms with van der Waals surface area (Å²) < 4.78 is 17.8. The second-order valence-corrected chi connectivity index (χ2v) is 3.74. The molecule has 1 aromatic heterocycles. The molecule has 17 heavy (non-hydrogen) atoms. The molecule has 0 bridgehead atoms. The van der Waals surface area contributed by atoms with Gasteiger partial charge in [0, 0.05) is 12.1 Å². The Bertz CT molecular complexity index is 532. The van der Waals surface area contributed by atoms with E-state index in [-0.39, 0.29) is 23.3 Å². The first-order valence-corrected chi connectivity index (χ1v) is 5.16. The van der Waals surface area contributed by atoms with Crippen molar-refractivity contribution in [3.63, 3.8) is 0 Å². The second-order valence-electron chi connectivity index (χ2n) is 3.34. The molecule has 5 nitrogen and oxygen atoms in total. The zero-order valence-corrected chi connectivity index (χ0v) is 9.36. The number of rotatable bonds is 3. The van der Waals surface area contributed by atoms with E-state index in [0.717, 1.165) is 0 Å². The van der Waals surface area contributed by atoms with Crippen LogP contribution in [0.1, 0.15) is 12.0 Å². The van der Waals surface area contributed by atoms with Gasteiger partial charge in [-0.15, -0.1) is 0 Å². The summed E-state index contributed by atoms with van der Waals surface area (Å²) in [4.78, 5) is 3.93. The summed E-state index contributed by atoms with van der Waals surface area (Å²) in [5.74, 6) is -0.293. The Labute approximate surface area is 101 Å². The van der Waals surface area contributed by atoms with Crippen LogP contribution in [0.3, 0.4) is 0 Å². The van der Waals surface area contributed by atoms with Crippen molar-refractivity contribution in [1.29, 1.82) is 0 Å². The van der Waals surface area contributed by atoms with Crippen LogP contribution >= 0.6 is 11.6 Å². The average Bonchev–Trinajstić information content (AvgIpc) is 2.81. The van der Waals surface area contributed by atoms with Crippen LogP contribution < -0.4 is 5.73 Å². The molecule has 2 rings (SSSR count). The number of aliphatic hydroxyl groups is 1. The summed E-state index contributed by atoms with van der Waals surface area (Å²) in [6.45, 7) is -0.0220. The van der Waals surface area contributed by atoms with E-state index < -0.39 is 11.9 Å². The molecular weight excluding hydrogens is 249 g/mol. The highest BCUT2D eigenvalue weighted by molar-refractivity contribution is 6.31. The normalized spacial score (nSPS) is 12.7. The molecule has 1 heterocycles. The molecule has 1 aromatic carbocycles. The van der Waals surface area contributed by atoms with Crippen LogP contribution in [0, 0.1) is 5.82 Å². The molecule has 0 aliphatic heterocycles. The number of aromatic nitrogens is 2. The molecule has 1 unspecified atom stereocenters. The van der Waals surface area contributed by atoms with E-state index in [4.69, 9.17) is 21.9 Å². The summed E-state index contributed by atoms with van der Waals surface area (Å²) >= 11 is 5.63. The van der Waals surface area contributed by atoms with Crippen molar-refractivity contribution in [2.75, 3.05) is 6.54 Å². The number of benzene rings is 1. The number of nitrogens with zero attached hydrogens (tertiary/aromatic N) is 2. The minimum atomic E-state index is -1.01. The van der Waals surface area contributed by atoms with Crippen molar-refractivity contribution >= 4 is 11.6 Å². The highest BCUT2D eigenvalue weighted by atomic mass is 35.5. The minimum absolute atomic E-state index is 0.0166. The van der Waals surface area contributed by atoms with Crippen LogP contribution in [0.4, 0.5) is 4.39 Å². The quantitative estimate of drug-likeness (QED) is 0.871. The van der Waals surface area contributed by atoms with Gasteiger partial charge in [-0.2, -0.15) is 4.98 Å². The Morgan fingerprint density at radius 2 is 2.29 bits per heavy atom. The van der Waals surface area contributed by atoms with E-state index in [9.17, 15) is 9.50 Å². The molecule has 0 aliphatic rings. The number of nitrogens with two attached hydrogens (primary N) is 1. The zero-order chi connectivity index (χ0) is 12.4. The third kappa shape index (κ3) is 2.44. The lowest BCUT2D eigenvalue weighted by Gasteiger charge is -1.98. The fourth-order valence-corrected chi connectivity index (χ4v) is 1.40. The smallest absolute Gasteiger partial charge is 0.257 e. The highest BCUT2D eigenvalue weighted by Gasteiger charge is 2.15. The standard InChI is InChI=1S/C10H9ClFN3O2/c11-6-3-5(1-2-7(6)12)9-14-10(17-15-9)8(16)4-13/h1-3,8,16H,4,13H2. The van der Waals surface area contributed by atoms with E-state index in [1.807, 2.05) is 0 Å². The number of hydrogen-bond donors (Lipinski definition) is 2. The van der Waals surface area contributed by atoms with Crippen molar-refractivity contribution in [3.05, 3.63) is 34.9 Å². The van der Waals surface area contributed by atoms with E-state index in [0.29, 0.717) is 5.56 Å². The van der Waals surface area contributed by atoms with Crippen molar-refractivity contribution in [2.24, 2.45) is 5.73 Å². The summed E-state index contributed by atoms with van der Waals surface area (Å²) in [6.07, 6.45) is -1.01. The van der Waals surface area contributed by atoms with Crippen molar-refractivity contribution in [2.45, 2.75) is 6.10 Å². The van der Waals surface area contributed by atoms with Gasteiger partial charge in [0.2, 0.25) is 5.82 Å². The van der Waals surface area contributed by atoms with Crippen LogP contribution in [-0.4, -0.2) is 21.8 Å². The lowest BCUT2D eigenvalue weighted by atomic mass is 10.2. The maximum absolute atomic E-state index is 12.9. The predicted octanol–water partition coefficient (Wildman–Crippen LogP) is 1.52. The molecule has 2 aromatic rings. The van der Waals surface area contributed by atoms with Crippen LogP contribution in [0.15, 0.2) is 22.7 Å². The van der Waals surface area contributed by atoms with Crippen molar-refractivity contribution < 1.29 is 14.0 Å². The van der Waals surface area contributed by atoms with Crippen molar-refractivity contribution in [1.82, 2.24) is 10.1 Å². The summed E-state index contributed by atoms with van der Waals surface area (Å²) in [7, 11) is 0. The Morgan fingerprint density at radius 1 is 1.53 bits per heavy atom. The molecule has 7 heteroatoms. The maximum atomic E-state index is 12.9. The second kappa shape index (κ2) is 4.79. The molecule has 0 saturated carbocycles. The summed E-state index contributed by atoms with van der Waals surface area (Å²) in [6, 6.07) is 4.04. The summed E-state index contributed by atoms with van der Waals surface area (Å²) in [5, 5.41) is 13.0. The molecule has 1 atom stereocenters. The third-order valence-electron chi connectivity index (χ3n) is 2.13. The molecule has 0 spiro atoms. The fourth-order valence-electron chi connectivity index (χ4n) is 1.22. The molecule has 0 fully saturated rings. The SMILES string of the molecule is NCC(O)c1nc(-c2ccc(F)c(Cl)c2)no1. The molecule has 0 radical (unpaired) electrons. The van der Waals surface area contributed by atoms with Gasteiger partial charge < -0.3 is 15.4 Å². The predicted molar refractivity (Wildman–Crippen MR) is 58.7 cm³/mol. The Kier molecular flexibility index (Phi) is 3.37. The highest BCUT2D eigenvalue weighted by Crippen LogP contribution is 2.23. The van der Waals surface area contributed by atoms with E-state index in [2.05, 4.69) is 10.1 Å². The van der Waals surface area contributed by atoms with Gasteiger partial charge in [-0.3, -0.25) is 0 Å². The molecular formula is C10H9ClFN3O2. The van der Waals surface area contributed by atoms with E-state index in [1.54, 1.807) is 0 Å². The molecule has 0 amide bonds. The fraction of sp³-hybridized carbons (Fsp3) is 0.200. The van der Waals surface area contributed by atoms with Crippen LogP contribution in [0.5, 0.6) is 0 Å². The summed E-state index contributed by atoms with van der Waals surface area (Å²) in [5.41, 5.74) is 5.74. The van der Waals surface area contributed by atoms with E-state index in [1.165, 1.54) is 18.2 Å².